The number of pyridine rings is 1. The van der Waals surface area contributed by atoms with E-state index >= 15 is 8.78 Å². The highest BCUT2D eigenvalue weighted by atomic mass is 19.1. The van der Waals surface area contributed by atoms with Gasteiger partial charge in [0, 0.05) is 82.0 Å². The zero-order chi connectivity index (χ0) is 38.8. The molecule has 0 saturated carbocycles. The lowest BCUT2D eigenvalue weighted by atomic mass is 9.97. The van der Waals surface area contributed by atoms with Crippen LogP contribution in [0.15, 0.2) is 73.3 Å². The van der Waals surface area contributed by atoms with Crippen molar-refractivity contribution >= 4 is 23.7 Å². The van der Waals surface area contributed by atoms with Crippen molar-refractivity contribution in [2.75, 3.05) is 63.8 Å². The molecule has 55 heavy (non-hydrogen) atoms. The average molecular weight is 758 g/mol. The van der Waals surface area contributed by atoms with Gasteiger partial charge in [0.05, 0.1) is 25.3 Å². The summed E-state index contributed by atoms with van der Waals surface area (Å²) < 4.78 is 30.4. The van der Waals surface area contributed by atoms with E-state index in [1.54, 1.807) is 11.1 Å². The molecule has 0 bridgehead atoms. The van der Waals surface area contributed by atoms with Gasteiger partial charge in [-0.3, -0.25) is 19.4 Å². The highest BCUT2D eigenvalue weighted by molar-refractivity contribution is 5.91. The predicted molar refractivity (Wildman–Crippen MR) is 202 cm³/mol. The summed E-state index contributed by atoms with van der Waals surface area (Å²) in [7, 11) is 0. The minimum absolute atomic E-state index is 0.0386. The largest absolute Gasteiger partial charge is 0.508 e. The fourth-order valence-corrected chi connectivity index (χ4v) is 8.30. The maximum absolute atomic E-state index is 15.2. The van der Waals surface area contributed by atoms with E-state index in [1.807, 2.05) is 48.5 Å². The van der Waals surface area contributed by atoms with Crippen LogP contribution in [0.4, 0.5) is 19.4 Å². The molecule has 4 fully saturated rings. The Hall–Kier alpha value is -5.12. The molecule has 4 amide bonds. The molecule has 0 aliphatic carbocycles. The van der Waals surface area contributed by atoms with E-state index in [-0.39, 0.29) is 32.7 Å². The third-order valence-corrected chi connectivity index (χ3v) is 11.2. The number of benzene rings is 2. The van der Waals surface area contributed by atoms with Gasteiger partial charge in [-0.2, -0.15) is 0 Å². The molecule has 4 aliphatic heterocycles. The standard InChI is InChI=1S/C40H49F2N9O4/c1-4-14-49-26-38(53)50-35(19-32-33(41)17-31(52)18-34(32)42)39(54)48(25-37(50)51(49)40(55)43-20-28-10-7-6-8-11-28)22-29-12-9-13-36(44-29)47-23-30(24-47)46-16-15-45(5-2)27(3)21-46/h4,6-13,17-18,27,30,35,37,52H,1,5,14-16,19-26H2,2-3H3,(H,43,55)/t27-,35?,37?/m0/s1. The summed E-state index contributed by atoms with van der Waals surface area (Å²) in [4.78, 5) is 57.4. The number of phenols is 1. The van der Waals surface area contributed by atoms with Crippen LogP contribution in [0.1, 0.15) is 30.7 Å². The molecule has 5 heterocycles. The Morgan fingerprint density at radius 2 is 1.76 bits per heavy atom. The fourth-order valence-electron chi connectivity index (χ4n) is 8.30. The number of nitrogens with zero attached hydrogens (tertiary/aromatic N) is 8. The first-order chi connectivity index (χ1) is 26.5. The van der Waals surface area contributed by atoms with Gasteiger partial charge in [0.2, 0.25) is 11.8 Å². The second kappa shape index (κ2) is 16.3. The Bertz CT molecular complexity index is 1870. The van der Waals surface area contributed by atoms with Gasteiger partial charge in [0.25, 0.3) is 0 Å². The van der Waals surface area contributed by atoms with Crippen molar-refractivity contribution in [1.82, 2.24) is 39.9 Å². The van der Waals surface area contributed by atoms with Gasteiger partial charge in [-0.25, -0.2) is 28.6 Å². The lowest BCUT2D eigenvalue weighted by Crippen LogP contribution is -2.76. The summed E-state index contributed by atoms with van der Waals surface area (Å²) in [5.74, 6) is -2.91. The first kappa shape index (κ1) is 38.2. The smallest absolute Gasteiger partial charge is 0.334 e. The number of hydrogen-bond donors (Lipinski definition) is 2. The van der Waals surface area contributed by atoms with E-state index in [2.05, 4.69) is 40.4 Å². The van der Waals surface area contributed by atoms with E-state index in [1.165, 1.54) is 14.8 Å². The highest BCUT2D eigenvalue weighted by Crippen LogP contribution is 2.32. The molecule has 0 spiro atoms. The number of aromatic nitrogens is 1. The lowest BCUT2D eigenvalue weighted by molar-refractivity contribution is -0.189. The quantitative estimate of drug-likeness (QED) is 0.285. The van der Waals surface area contributed by atoms with E-state index in [0.29, 0.717) is 17.8 Å². The first-order valence-electron chi connectivity index (χ1n) is 19.0. The predicted octanol–water partition coefficient (Wildman–Crippen LogP) is 3.02. The Balaban J connectivity index is 1.15. The minimum atomic E-state index is -1.36. The molecule has 13 nitrogen and oxygen atoms in total. The van der Waals surface area contributed by atoms with Gasteiger partial charge in [-0.1, -0.05) is 49.4 Å². The number of aromatic hydroxyl groups is 1. The van der Waals surface area contributed by atoms with Crippen LogP contribution in [0.5, 0.6) is 5.75 Å². The Morgan fingerprint density at radius 3 is 2.45 bits per heavy atom. The van der Waals surface area contributed by atoms with E-state index in [4.69, 9.17) is 4.98 Å². The molecular weight excluding hydrogens is 708 g/mol. The van der Waals surface area contributed by atoms with Crippen LogP contribution in [0.25, 0.3) is 0 Å². The molecule has 3 aromatic rings. The minimum Gasteiger partial charge on any atom is -0.508 e. The van der Waals surface area contributed by atoms with Crippen molar-refractivity contribution in [2.24, 2.45) is 0 Å². The maximum Gasteiger partial charge on any atom is 0.334 e. The molecule has 2 unspecified atom stereocenters. The Labute approximate surface area is 320 Å². The Kier molecular flexibility index (Phi) is 11.3. The molecule has 1 aromatic heterocycles. The van der Waals surface area contributed by atoms with Crippen molar-refractivity contribution < 1.29 is 28.3 Å². The number of likely N-dealkylation sites (N-methyl/N-ethyl adjacent to an activating group) is 1. The van der Waals surface area contributed by atoms with Crippen molar-refractivity contribution in [2.45, 2.75) is 57.6 Å². The second-order valence-corrected chi connectivity index (χ2v) is 14.8. The summed E-state index contributed by atoms with van der Waals surface area (Å²) >= 11 is 0. The number of phenolic OH excluding ortho intramolecular Hbond substituents is 1. The monoisotopic (exact) mass is 757 g/mol. The number of hydrogen-bond acceptors (Lipinski definition) is 9. The number of urea groups is 1. The van der Waals surface area contributed by atoms with Crippen LogP contribution in [0.3, 0.4) is 0 Å². The summed E-state index contributed by atoms with van der Waals surface area (Å²) in [5, 5.41) is 15.7. The van der Waals surface area contributed by atoms with Crippen LogP contribution in [-0.2, 0) is 29.1 Å². The average Bonchev–Trinajstić information content (AvgIpc) is 3.13. The van der Waals surface area contributed by atoms with Crippen LogP contribution >= 0.6 is 0 Å². The van der Waals surface area contributed by atoms with Gasteiger partial charge in [0.15, 0.2) is 0 Å². The maximum atomic E-state index is 15.2. The topological polar surface area (TPSA) is 119 Å². The van der Waals surface area contributed by atoms with Gasteiger partial charge in [-0.15, -0.1) is 6.58 Å². The van der Waals surface area contributed by atoms with Gasteiger partial charge in [0.1, 0.15) is 35.4 Å². The zero-order valence-corrected chi connectivity index (χ0v) is 31.4. The Morgan fingerprint density at radius 1 is 1.02 bits per heavy atom. The second-order valence-electron chi connectivity index (χ2n) is 14.8. The van der Waals surface area contributed by atoms with Crippen LogP contribution in [0, 0.1) is 11.6 Å². The highest BCUT2D eigenvalue weighted by Gasteiger charge is 2.51. The van der Waals surface area contributed by atoms with Gasteiger partial charge >= 0.3 is 6.03 Å². The summed E-state index contributed by atoms with van der Waals surface area (Å²) in [6, 6.07) is 15.6. The third kappa shape index (κ3) is 8.00. The molecule has 292 valence electrons. The molecule has 2 N–H and O–H groups in total. The number of carbonyl (C=O) groups excluding carboxylic acids is 3. The number of piperazine rings is 2. The SMILES string of the molecule is C=CCN1CC(=O)N2C(Cc3c(F)cc(O)cc3F)C(=O)N(Cc3cccc(N4CC(N5CCN(CC)[C@@H](C)C5)C4)n3)CC2N1C(=O)NCc1ccccc1. The molecule has 4 aliphatic rings. The van der Waals surface area contributed by atoms with Crippen molar-refractivity contribution in [3.8, 4) is 5.75 Å². The normalized spacial score (nSPS) is 22.8. The number of amides is 4. The summed E-state index contributed by atoms with van der Waals surface area (Å²) in [6.45, 7) is 14.2. The molecule has 3 atom stereocenters. The number of anilines is 1. The van der Waals surface area contributed by atoms with Gasteiger partial charge < -0.3 is 25.1 Å². The number of hydrazine groups is 1. The van der Waals surface area contributed by atoms with Crippen LogP contribution in [-0.4, -0.2) is 141 Å². The molecule has 2 aromatic carbocycles. The van der Waals surface area contributed by atoms with Crippen LogP contribution in [0.2, 0.25) is 0 Å². The molecule has 0 radical (unpaired) electrons. The fraction of sp³-hybridized carbons (Fsp3) is 0.450. The van der Waals surface area contributed by atoms with E-state index < -0.39 is 59.4 Å². The van der Waals surface area contributed by atoms with E-state index in [0.717, 1.165) is 62.8 Å². The lowest BCUT2D eigenvalue weighted by Gasteiger charge is -2.55. The number of carbonyl (C=O) groups is 3. The molecule has 4 saturated heterocycles. The number of rotatable bonds is 11. The van der Waals surface area contributed by atoms with Crippen molar-refractivity contribution in [3.63, 3.8) is 0 Å². The van der Waals surface area contributed by atoms with E-state index in [9.17, 15) is 19.5 Å². The third-order valence-electron chi connectivity index (χ3n) is 11.2. The zero-order valence-electron chi connectivity index (χ0n) is 31.4. The molecule has 15 heteroatoms. The summed E-state index contributed by atoms with van der Waals surface area (Å²) in [5.41, 5.74) is 1.01. The summed E-state index contributed by atoms with van der Waals surface area (Å²) in [6.07, 6.45) is 0.0501. The number of halogens is 2. The first-order valence-corrected chi connectivity index (χ1v) is 19.0. The van der Waals surface area contributed by atoms with Crippen molar-refractivity contribution in [1.29, 1.82) is 0 Å². The number of nitrogens with one attached hydrogen (secondary N) is 1. The van der Waals surface area contributed by atoms with Gasteiger partial charge in [-0.05, 0) is 31.2 Å². The molecule has 7 rings (SSSR count). The van der Waals surface area contributed by atoms with Crippen molar-refractivity contribution in [3.05, 3.63) is 102 Å². The van der Waals surface area contributed by atoms with Crippen LogP contribution < -0.4 is 10.2 Å². The molecular formula is C40H49F2N9O4. The number of fused-ring (bicyclic) bond motifs is 1.